The Balaban J connectivity index is 1.89. The number of hydrogen-bond acceptors (Lipinski definition) is 7. The molecule has 1 N–H and O–H groups in total. The average Bonchev–Trinajstić information content (AvgIpc) is 3.14. The number of carbonyl (C=O) groups excluding carboxylic acids is 1. The number of thioether (sulfide) groups is 1. The van der Waals surface area contributed by atoms with Gasteiger partial charge in [0.25, 0.3) is 0 Å². The molecule has 0 aliphatic carbocycles. The van der Waals surface area contributed by atoms with Crippen molar-refractivity contribution in [2.24, 2.45) is 5.92 Å². The molecule has 11 heteroatoms. The third-order valence-corrected chi connectivity index (χ3v) is 7.61. The Bertz CT molecular complexity index is 1030. The zero-order chi connectivity index (χ0) is 23.3. The van der Waals surface area contributed by atoms with Crippen molar-refractivity contribution < 1.29 is 17.9 Å². The number of benzene rings is 1. The highest BCUT2D eigenvalue weighted by molar-refractivity contribution is 7.99. The predicted molar refractivity (Wildman–Crippen MR) is 124 cm³/mol. The van der Waals surface area contributed by atoms with Gasteiger partial charge in [-0.1, -0.05) is 37.7 Å². The standard InChI is InChI=1S/C21H31N5O4S2/c1-15(2)13-26-20(23-24-21(26)31-14-19(27)22-16(3)4)17-6-5-7-18(12-17)32(28,29)25-8-10-30-11-9-25/h5-7,12,15-16H,8-11,13-14H2,1-4H3,(H,22,27). The summed E-state index contributed by atoms with van der Waals surface area (Å²) >= 11 is 1.32. The van der Waals surface area contributed by atoms with Gasteiger partial charge in [0.05, 0.1) is 23.9 Å². The lowest BCUT2D eigenvalue weighted by molar-refractivity contribution is -0.119. The van der Waals surface area contributed by atoms with Crippen molar-refractivity contribution in [1.82, 2.24) is 24.4 Å². The minimum absolute atomic E-state index is 0.0655. The SMILES string of the molecule is CC(C)Cn1c(SCC(=O)NC(C)C)nnc1-c1cccc(S(=O)(=O)N2CCOCC2)c1. The molecule has 1 amide bonds. The number of amides is 1. The van der Waals surface area contributed by atoms with E-state index in [1.54, 1.807) is 18.2 Å². The van der Waals surface area contributed by atoms with Crippen LogP contribution in [0.5, 0.6) is 0 Å². The Morgan fingerprint density at radius 1 is 1.19 bits per heavy atom. The molecule has 1 fully saturated rings. The summed E-state index contributed by atoms with van der Waals surface area (Å²) in [6.07, 6.45) is 0. The molecule has 0 spiro atoms. The van der Waals surface area contributed by atoms with E-state index >= 15 is 0 Å². The fourth-order valence-corrected chi connectivity index (χ4v) is 5.58. The van der Waals surface area contributed by atoms with E-state index in [1.807, 2.05) is 24.5 Å². The van der Waals surface area contributed by atoms with E-state index in [0.29, 0.717) is 55.3 Å². The van der Waals surface area contributed by atoms with Crippen molar-refractivity contribution in [3.8, 4) is 11.4 Å². The quantitative estimate of drug-likeness (QED) is 0.548. The van der Waals surface area contributed by atoms with Crippen LogP contribution < -0.4 is 5.32 Å². The molecule has 1 saturated heterocycles. The van der Waals surface area contributed by atoms with Gasteiger partial charge >= 0.3 is 0 Å². The summed E-state index contributed by atoms with van der Waals surface area (Å²) in [5.41, 5.74) is 0.672. The zero-order valence-corrected chi connectivity index (χ0v) is 20.6. The van der Waals surface area contributed by atoms with Crippen LogP contribution in [0, 0.1) is 5.92 Å². The van der Waals surface area contributed by atoms with E-state index in [2.05, 4.69) is 29.4 Å². The maximum Gasteiger partial charge on any atom is 0.243 e. The summed E-state index contributed by atoms with van der Waals surface area (Å²) in [6, 6.07) is 6.87. The zero-order valence-electron chi connectivity index (χ0n) is 18.9. The van der Waals surface area contributed by atoms with E-state index in [1.165, 1.54) is 16.1 Å². The maximum absolute atomic E-state index is 13.1. The Morgan fingerprint density at radius 3 is 2.56 bits per heavy atom. The first-order valence-electron chi connectivity index (χ1n) is 10.7. The molecule has 1 aliphatic heterocycles. The minimum Gasteiger partial charge on any atom is -0.379 e. The summed E-state index contributed by atoms with van der Waals surface area (Å²) < 4.78 is 34.9. The largest absolute Gasteiger partial charge is 0.379 e. The molecule has 1 aliphatic rings. The molecule has 9 nitrogen and oxygen atoms in total. The number of nitrogens with one attached hydrogen (secondary N) is 1. The highest BCUT2D eigenvalue weighted by Crippen LogP contribution is 2.28. The van der Waals surface area contributed by atoms with Gasteiger partial charge in [-0.2, -0.15) is 4.31 Å². The molecule has 2 heterocycles. The van der Waals surface area contributed by atoms with Crippen LogP contribution in [-0.2, 0) is 26.1 Å². The van der Waals surface area contributed by atoms with E-state index in [-0.39, 0.29) is 22.6 Å². The van der Waals surface area contributed by atoms with Crippen LogP contribution in [0.25, 0.3) is 11.4 Å². The van der Waals surface area contributed by atoms with Crippen molar-refractivity contribution >= 4 is 27.7 Å². The summed E-state index contributed by atoms with van der Waals surface area (Å²) in [6.45, 7) is 10.1. The maximum atomic E-state index is 13.1. The second-order valence-electron chi connectivity index (χ2n) is 8.37. The van der Waals surface area contributed by atoms with Crippen LogP contribution in [0.1, 0.15) is 27.7 Å². The number of carbonyl (C=O) groups is 1. The molecular weight excluding hydrogens is 450 g/mol. The van der Waals surface area contributed by atoms with Crippen LogP contribution in [0.3, 0.4) is 0 Å². The fraction of sp³-hybridized carbons (Fsp3) is 0.571. The molecule has 0 bridgehead atoms. The Labute approximate surface area is 194 Å². The van der Waals surface area contributed by atoms with Gasteiger partial charge in [0.1, 0.15) is 0 Å². The number of aromatic nitrogens is 3. The van der Waals surface area contributed by atoms with E-state index < -0.39 is 10.0 Å². The Morgan fingerprint density at radius 2 is 1.91 bits per heavy atom. The summed E-state index contributed by atoms with van der Waals surface area (Å²) in [7, 11) is -3.62. The number of ether oxygens (including phenoxy) is 1. The van der Waals surface area contributed by atoms with Crippen molar-refractivity contribution in [3.05, 3.63) is 24.3 Å². The van der Waals surface area contributed by atoms with Gasteiger partial charge in [-0.3, -0.25) is 4.79 Å². The number of rotatable bonds is 9. The molecule has 0 saturated carbocycles. The van der Waals surface area contributed by atoms with E-state index in [0.717, 1.165) is 0 Å². The van der Waals surface area contributed by atoms with Crippen LogP contribution >= 0.6 is 11.8 Å². The van der Waals surface area contributed by atoms with Crippen LogP contribution in [0.4, 0.5) is 0 Å². The van der Waals surface area contributed by atoms with Crippen LogP contribution in [0.2, 0.25) is 0 Å². The first-order valence-corrected chi connectivity index (χ1v) is 13.1. The first-order chi connectivity index (χ1) is 15.2. The van der Waals surface area contributed by atoms with Crippen LogP contribution in [-0.4, -0.2) is 71.5 Å². The molecular formula is C21H31N5O4S2. The monoisotopic (exact) mass is 481 g/mol. The summed E-state index contributed by atoms with van der Waals surface area (Å²) in [5, 5.41) is 12.1. The average molecular weight is 482 g/mol. The third kappa shape index (κ3) is 6.09. The van der Waals surface area contributed by atoms with Gasteiger partial charge in [-0.05, 0) is 31.9 Å². The molecule has 0 atom stereocenters. The Hall–Kier alpha value is -1.95. The highest BCUT2D eigenvalue weighted by Gasteiger charge is 2.27. The van der Waals surface area contributed by atoms with Crippen molar-refractivity contribution in [2.45, 2.75) is 50.3 Å². The molecule has 32 heavy (non-hydrogen) atoms. The molecule has 1 aromatic carbocycles. The van der Waals surface area contributed by atoms with Gasteiger partial charge < -0.3 is 14.6 Å². The molecule has 1 aromatic heterocycles. The molecule has 3 rings (SSSR count). The molecule has 0 radical (unpaired) electrons. The molecule has 0 unspecified atom stereocenters. The van der Waals surface area contributed by atoms with Crippen molar-refractivity contribution in [3.63, 3.8) is 0 Å². The molecule has 176 valence electrons. The van der Waals surface area contributed by atoms with E-state index in [9.17, 15) is 13.2 Å². The number of hydrogen-bond donors (Lipinski definition) is 1. The minimum atomic E-state index is -3.62. The topological polar surface area (TPSA) is 106 Å². The summed E-state index contributed by atoms with van der Waals surface area (Å²) in [5.74, 6) is 1.07. The Kier molecular flexibility index (Phi) is 8.32. The number of sulfonamides is 1. The predicted octanol–water partition coefficient (Wildman–Crippen LogP) is 2.24. The molecule has 2 aromatic rings. The summed E-state index contributed by atoms with van der Waals surface area (Å²) in [4.78, 5) is 12.3. The normalized spacial score (nSPS) is 15.4. The van der Waals surface area contributed by atoms with Crippen molar-refractivity contribution in [1.29, 1.82) is 0 Å². The van der Waals surface area contributed by atoms with Gasteiger partial charge in [-0.25, -0.2) is 8.42 Å². The van der Waals surface area contributed by atoms with Gasteiger partial charge in [0.2, 0.25) is 15.9 Å². The van der Waals surface area contributed by atoms with E-state index in [4.69, 9.17) is 4.74 Å². The van der Waals surface area contributed by atoms with Gasteiger partial charge in [0, 0.05) is 31.2 Å². The number of morpholine rings is 1. The van der Waals surface area contributed by atoms with Crippen molar-refractivity contribution in [2.75, 3.05) is 32.1 Å². The van der Waals surface area contributed by atoms with Gasteiger partial charge in [0.15, 0.2) is 11.0 Å². The highest BCUT2D eigenvalue weighted by atomic mass is 32.2. The van der Waals surface area contributed by atoms with Gasteiger partial charge in [-0.15, -0.1) is 10.2 Å². The van der Waals surface area contributed by atoms with Crippen LogP contribution in [0.15, 0.2) is 34.3 Å². The first kappa shape index (κ1) is 24.7. The second kappa shape index (κ2) is 10.8. The lowest BCUT2D eigenvalue weighted by Gasteiger charge is -2.26. The number of nitrogens with zero attached hydrogens (tertiary/aromatic N) is 4. The third-order valence-electron chi connectivity index (χ3n) is 4.75. The smallest absolute Gasteiger partial charge is 0.243 e. The lowest BCUT2D eigenvalue weighted by atomic mass is 10.2. The lowest BCUT2D eigenvalue weighted by Crippen LogP contribution is -2.40. The second-order valence-corrected chi connectivity index (χ2v) is 11.2. The fourth-order valence-electron chi connectivity index (χ4n) is 3.36.